The van der Waals surface area contributed by atoms with Crippen molar-refractivity contribution in [1.82, 2.24) is 5.16 Å². The molecule has 5 heteroatoms. The summed E-state index contributed by atoms with van der Waals surface area (Å²) in [5.74, 6) is 0.361. The number of halogens is 1. The Bertz CT molecular complexity index is 468. The molecule has 1 aromatic carbocycles. The van der Waals surface area contributed by atoms with Crippen molar-refractivity contribution in [1.29, 1.82) is 0 Å². The standard InChI is InChI=1S/C9H7ClN2O2/c10-5-1-2-6(8(13)3-5)9-7(11)4-12-14-9/h1-4,13H,11H2. The molecule has 72 valence electrons. The van der Waals surface area contributed by atoms with Crippen molar-refractivity contribution in [2.24, 2.45) is 0 Å². The van der Waals surface area contributed by atoms with Gasteiger partial charge in [0.25, 0.3) is 0 Å². The predicted octanol–water partition coefficient (Wildman–Crippen LogP) is 2.28. The lowest BCUT2D eigenvalue weighted by molar-refractivity contribution is 0.426. The summed E-state index contributed by atoms with van der Waals surface area (Å²) >= 11 is 5.68. The van der Waals surface area contributed by atoms with Gasteiger partial charge in [0, 0.05) is 5.02 Å². The molecule has 0 aliphatic heterocycles. The second kappa shape index (κ2) is 3.23. The molecule has 0 unspecified atom stereocenters. The Labute approximate surface area is 84.9 Å². The lowest BCUT2D eigenvalue weighted by Crippen LogP contribution is -1.85. The van der Waals surface area contributed by atoms with Crippen LogP contribution in [0.4, 0.5) is 5.69 Å². The zero-order valence-corrected chi connectivity index (χ0v) is 7.82. The van der Waals surface area contributed by atoms with E-state index in [2.05, 4.69) is 5.16 Å². The van der Waals surface area contributed by atoms with E-state index in [1.165, 1.54) is 12.3 Å². The molecule has 0 saturated carbocycles. The van der Waals surface area contributed by atoms with E-state index >= 15 is 0 Å². The van der Waals surface area contributed by atoms with Crippen LogP contribution in [0.2, 0.25) is 5.02 Å². The molecular formula is C9H7ClN2O2. The van der Waals surface area contributed by atoms with Crippen LogP contribution in [-0.4, -0.2) is 10.3 Å². The Morgan fingerprint density at radius 3 is 2.79 bits per heavy atom. The van der Waals surface area contributed by atoms with Gasteiger partial charge in [0.1, 0.15) is 11.4 Å². The second-order valence-electron chi connectivity index (χ2n) is 2.77. The summed E-state index contributed by atoms with van der Waals surface area (Å²) in [6, 6.07) is 4.67. The van der Waals surface area contributed by atoms with Crippen molar-refractivity contribution in [3.63, 3.8) is 0 Å². The van der Waals surface area contributed by atoms with Crippen molar-refractivity contribution in [3.8, 4) is 17.1 Å². The van der Waals surface area contributed by atoms with Crippen LogP contribution < -0.4 is 5.73 Å². The second-order valence-corrected chi connectivity index (χ2v) is 3.21. The maximum atomic E-state index is 9.56. The first-order valence-corrected chi connectivity index (χ1v) is 4.25. The van der Waals surface area contributed by atoms with Crippen LogP contribution in [0, 0.1) is 0 Å². The van der Waals surface area contributed by atoms with Crippen molar-refractivity contribution in [3.05, 3.63) is 29.4 Å². The average molecular weight is 211 g/mol. The molecule has 0 aliphatic rings. The highest BCUT2D eigenvalue weighted by molar-refractivity contribution is 6.30. The molecule has 1 aromatic heterocycles. The molecular weight excluding hydrogens is 204 g/mol. The van der Waals surface area contributed by atoms with Crippen molar-refractivity contribution in [2.75, 3.05) is 5.73 Å². The number of benzene rings is 1. The number of hydrogen-bond acceptors (Lipinski definition) is 4. The number of phenols is 1. The average Bonchev–Trinajstić information content (AvgIpc) is 2.52. The number of aromatic nitrogens is 1. The molecule has 0 atom stereocenters. The summed E-state index contributed by atoms with van der Waals surface area (Å²) in [6.45, 7) is 0. The molecule has 0 fully saturated rings. The van der Waals surface area contributed by atoms with E-state index in [0.29, 0.717) is 22.0 Å². The first-order valence-electron chi connectivity index (χ1n) is 3.87. The van der Waals surface area contributed by atoms with E-state index in [1.54, 1.807) is 12.1 Å². The van der Waals surface area contributed by atoms with Crippen molar-refractivity contribution in [2.45, 2.75) is 0 Å². The lowest BCUT2D eigenvalue weighted by atomic mass is 10.1. The van der Waals surface area contributed by atoms with Gasteiger partial charge >= 0.3 is 0 Å². The van der Waals surface area contributed by atoms with E-state index in [0.717, 1.165) is 0 Å². The molecule has 3 N–H and O–H groups in total. The molecule has 14 heavy (non-hydrogen) atoms. The highest BCUT2D eigenvalue weighted by Gasteiger charge is 2.12. The van der Waals surface area contributed by atoms with Crippen molar-refractivity contribution < 1.29 is 9.63 Å². The maximum Gasteiger partial charge on any atom is 0.193 e. The number of anilines is 1. The Morgan fingerprint density at radius 2 is 2.21 bits per heavy atom. The first-order chi connectivity index (χ1) is 6.68. The van der Waals surface area contributed by atoms with Gasteiger partial charge in [-0.25, -0.2) is 0 Å². The van der Waals surface area contributed by atoms with Gasteiger partial charge in [-0.05, 0) is 18.2 Å². The fourth-order valence-corrected chi connectivity index (χ4v) is 1.31. The monoisotopic (exact) mass is 210 g/mol. The fraction of sp³-hybridized carbons (Fsp3) is 0. The maximum absolute atomic E-state index is 9.56. The summed E-state index contributed by atoms with van der Waals surface area (Å²) in [5, 5.41) is 13.5. The van der Waals surface area contributed by atoms with E-state index in [-0.39, 0.29) is 5.75 Å². The van der Waals surface area contributed by atoms with Crippen molar-refractivity contribution >= 4 is 17.3 Å². The largest absolute Gasteiger partial charge is 0.507 e. The molecule has 0 aliphatic carbocycles. The topological polar surface area (TPSA) is 72.3 Å². The van der Waals surface area contributed by atoms with E-state index < -0.39 is 0 Å². The molecule has 2 rings (SSSR count). The Morgan fingerprint density at radius 1 is 1.43 bits per heavy atom. The smallest absolute Gasteiger partial charge is 0.193 e. The third kappa shape index (κ3) is 1.40. The number of phenolic OH excluding ortho intramolecular Hbond substituents is 1. The van der Waals surface area contributed by atoms with Crippen LogP contribution in [0.5, 0.6) is 5.75 Å². The normalized spacial score (nSPS) is 10.4. The van der Waals surface area contributed by atoms with Gasteiger partial charge < -0.3 is 15.4 Å². The minimum absolute atomic E-state index is 0.0148. The van der Waals surface area contributed by atoms with Crippen LogP contribution >= 0.6 is 11.6 Å². The Balaban J connectivity index is 2.58. The molecule has 0 saturated heterocycles. The molecule has 0 amide bonds. The Hall–Kier alpha value is -1.68. The quantitative estimate of drug-likeness (QED) is 0.758. The van der Waals surface area contributed by atoms with E-state index in [1.807, 2.05) is 0 Å². The molecule has 4 nitrogen and oxygen atoms in total. The number of nitrogens with two attached hydrogens (primary N) is 1. The third-order valence-corrected chi connectivity index (χ3v) is 2.04. The zero-order chi connectivity index (χ0) is 10.1. The number of nitrogen functional groups attached to an aromatic ring is 1. The molecule has 1 heterocycles. The minimum Gasteiger partial charge on any atom is -0.507 e. The lowest BCUT2D eigenvalue weighted by Gasteiger charge is -2.01. The molecule has 2 aromatic rings. The summed E-state index contributed by atoms with van der Waals surface area (Å²) in [6.07, 6.45) is 1.38. The molecule has 0 bridgehead atoms. The van der Waals surface area contributed by atoms with Crippen LogP contribution in [-0.2, 0) is 0 Å². The van der Waals surface area contributed by atoms with Crippen LogP contribution in [0.25, 0.3) is 11.3 Å². The molecule has 0 spiro atoms. The van der Waals surface area contributed by atoms with Crippen LogP contribution in [0.15, 0.2) is 28.9 Å². The van der Waals surface area contributed by atoms with E-state index in [4.69, 9.17) is 21.9 Å². The number of hydrogen-bond donors (Lipinski definition) is 2. The van der Waals surface area contributed by atoms with Crippen LogP contribution in [0.1, 0.15) is 0 Å². The number of rotatable bonds is 1. The SMILES string of the molecule is Nc1cnoc1-c1ccc(Cl)cc1O. The van der Waals surface area contributed by atoms with Gasteiger partial charge in [-0.3, -0.25) is 0 Å². The summed E-state index contributed by atoms with van der Waals surface area (Å²) < 4.78 is 4.89. The highest BCUT2D eigenvalue weighted by Crippen LogP contribution is 2.34. The van der Waals surface area contributed by atoms with Gasteiger partial charge in [-0.1, -0.05) is 16.8 Å². The van der Waals surface area contributed by atoms with Gasteiger partial charge in [-0.15, -0.1) is 0 Å². The first kappa shape index (κ1) is 8.90. The summed E-state index contributed by atoms with van der Waals surface area (Å²) in [7, 11) is 0. The third-order valence-electron chi connectivity index (χ3n) is 1.80. The predicted molar refractivity (Wildman–Crippen MR) is 53.0 cm³/mol. The molecule has 0 radical (unpaired) electrons. The van der Waals surface area contributed by atoms with Gasteiger partial charge in [-0.2, -0.15) is 0 Å². The minimum atomic E-state index is 0.0148. The van der Waals surface area contributed by atoms with Gasteiger partial charge in [0.2, 0.25) is 0 Å². The zero-order valence-electron chi connectivity index (χ0n) is 7.07. The van der Waals surface area contributed by atoms with Gasteiger partial charge in [0.15, 0.2) is 5.76 Å². The fourth-order valence-electron chi connectivity index (χ4n) is 1.15. The van der Waals surface area contributed by atoms with Gasteiger partial charge in [0.05, 0.1) is 11.8 Å². The van der Waals surface area contributed by atoms with Crippen LogP contribution in [0.3, 0.4) is 0 Å². The number of nitrogens with zero attached hydrogens (tertiary/aromatic N) is 1. The Kier molecular flexibility index (Phi) is 2.05. The summed E-state index contributed by atoms with van der Waals surface area (Å²) in [5.41, 5.74) is 6.43. The highest BCUT2D eigenvalue weighted by atomic mass is 35.5. The number of aromatic hydroxyl groups is 1. The summed E-state index contributed by atoms with van der Waals surface area (Å²) in [4.78, 5) is 0. The van der Waals surface area contributed by atoms with E-state index in [9.17, 15) is 5.11 Å².